The molecule has 2 atom stereocenters. The van der Waals surface area contributed by atoms with Crippen molar-refractivity contribution >= 4 is 19.8 Å². The normalized spacial score (nSPS) is 14.0. The summed E-state index contributed by atoms with van der Waals surface area (Å²) >= 11 is 0. The van der Waals surface area contributed by atoms with Gasteiger partial charge in [-0.1, -0.05) is 203 Å². The van der Waals surface area contributed by atoms with Crippen molar-refractivity contribution < 1.29 is 42.1 Å². The molecule has 0 N–H and O–H groups in total. The molecule has 0 spiro atoms. The molecule has 0 aromatic carbocycles. The molecule has 0 aliphatic carbocycles. The van der Waals surface area contributed by atoms with Crippen molar-refractivity contribution in [1.82, 2.24) is 0 Å². The van der Waals surface area contributed by atoms with Crippen molar-refractivity contribution in [3.8, 4) is 0 Å². The van der Waals surface area contributed by atoms with Gasteiger partial charge >= 0.3 is 11.9 Å². The summed E-state index contributed by atoms with van der Waals surface area (Å²) in [6, 6.07) is 0. The lowest BCUT2D eigenvalue weighted by Crippen LogP contribution is -2.37. The van der Waals surface area contributed by atoms with Gasteiger partial charge in [0.25, 0.3) is 7.82 Å². The van der Waals surface area contributed by atoms with Crippen LogP contribution in [0.25, 0.3) is 0 Å². The molecule has 0 aromatic rings. The van der Waals surface area contributed by atoms with Crippen molar-refractivity contribution in [1.29, 1.82) is 0 Å². The van der Waals surface area contributed by atoms with Gasteiger partial charge in [-0.25, -0.2) is 0 Å². The molecule has 0 aliphatic rings. The van der Waals surface area contributed by atoms with E-state index >= 15 is 0 Å². The molecule has 0 aromatic heterocycles. The van der Waals surface area contributed by atoms with Crippen LogP contribution in [-0.4, -0.2) is 70.0 Å². The number of rotatable bonds is 45. The smallest absolute Gasteiger partial charge is 0.306 e. The molecule has 0 saturated heterocycles. The second-order valence-corrected chi connectivity index (χ2v) is 19.2. The number of likely N-dealkylation sites (N-methyl/N-ethyl adjacent to an activating group) is 1. The largest absolute Gasteiger partial charge is 0.756 e. The summed E-state index contributed by atoms with van der Waals surface area (Å²) in [4.78, 5) is 37.6. The SMILES string of the molecule is CCCCC/C=C\C/C=C\C/C=C\C/C=C\C/C=C\CCC(=O)OC[C@H](COP(=O)([O-])OCC[N+](C)(C)C)OC(=O)CCCCCCCCCCCCCCCCCCCCC. The molecule has 0 heterocycles. The molecule has 0 radical (unpaired) electrons. The van der Waals surface area contributed by atoms with Gasteiger partial charge in [0.15, 0.2) is 6.10 Å². The average Bonchev–Trinajstić information content (AvgIpc) is 3.23. The number of carbonyl (C=O) groups is 2. The number of phosphoric ester groups is 1. The van der Waals surface area contributed by atoms with Crippen LogP contribution in [0.2, 0.25) is 0 Å². The van der Waals surface area contributed by atoms with Crippen LogP contribution in [0, 0.1) is 0 Å². The maximum Gasteiger partial charge on any atom is 0.306 e. The number of unbranched alkanes of at least 4 members (excludes halogenated alkanes) is 21. The summed E-state index contributed by atoms with van der Waals surface area (Å²) in [5.74, 6) is -0.926. The molecule has 0 aliphatic heterocycles. The van der Waals surface area contributed by atoms with Crippen molar-refractivity contribution in [3.05, 3.63) is 60.8 Å². The highest BCUT2D eigenvalue weighted by atomic mass is 31.2. The molecule has 9 nitrogen and oxygen atoms in total. The number of quaternary nitrogens is 1. The number of allylic oxidation sites excluding steroid dienone is 10. The van der Waals surface area contributed by atoms with Gasteiger partial charge < -0.3 is 27.9 Å². The second kappa shape index (κ2) is 43.9. The first kappa shape index (κ1) is 59.7. The lowest BCUT2D eigenvalue weighted by Gasteiger charge is -2.28. The first-order valence-corrected chi connectivity index (χ1v) is 26.5. The van der Waals surface area contributed by atoms with Gasteiger partial charge in [0.05, 0.1) is 27.7 Å². The average molecular weight is 892 g/mol. The maximum absolute atomic E-state index is 12.7. The van der Waals surface area contributed by atoms with Gasteiger partial charge in [0.1, 0.15) is 19.8 Å². The molecule has 360 valence electrons. The zero-order valence-corrected chi connectivity index (χ0v) is 41.4. The van der Waals surface area contributed by atoms with E-state index in [-0.39, 0.29) is 26.1 Å². The van der Waals surface area contributed by atoms with Crippen LogP contribution in [0.3, 0.4) is 0 Å². The third kappa shape index (κ3) is 47.2. The Kier molecular flexibility index (Phi) is 42.3. The summed E-state index contributed by atoms with van der Waals surface area (Å²) in [7, 11) is 1.13. The van der Waals surface area contributed by atoms with Crippen molar-refractivity contribution in [2.75, 3.05) is 47.5 Å². The van der Waals surface area contributed by atoms with Crippen LogP contribution in [0.1, 0.15) is 206 Å². The quantitative estimate of drug-likeness (QED) is 0.0195. The van der Waals surface area contributed by atoms with E-state index in [0.29, 0.717) is 23.9 Å². The van der Waals surface area contributed by atoms with Crippen LogP contribution in [0.5, 0.6) is 0 Å². The van der Waals surface area contributed by atoms with E-state index in [1.807, 2.05) is 33.3 Å². The summed E-state index contributed by atoms with van der Waals surface area (Å²) in [6.45, 7) is 4.13. The standard InChI is InChI=1S/C52H94NO8P/c1-6-8-10-12-14-16-18-20-22-24-26-28-30-32-34-36-38-40-42-44-51(54)58-48-50(49-60-62(56,57)59-47-46-53(3,4)5)61-52(55)45-43-41-39-37-35-33-31-29-27-25-23-21-19-17-15-13-11-9-7-2/h14,16,20,22,26,28,32,34,38,40,50H,6-13,15,17-19,21,23-25,27,29-31,33,35-37,39,41-49H2,1-5H3/b16-14-,22-20-,28-26-,34-32-,40-38-/t50-/m1/s1. The topological polar surface area (TPSA) is 111 Å². The highest BCUT2D eigenvalue weighted by Gasteiger charge is 2.21. The lowest BCUT2D eigenvalue weighted by molar-refractivity contribution is -0.870. The number of hydrogen-bond acceptors (Lipinski definition) is 8. The Bertz CT molecular complexity index is 1240. The van der Waals surface area contributed by atoms with Crippen LogP contribution < -0.4 is 4.89 Å². The van der Waals surface area contributed by atoms with Crippen LogP contribution >= 0.6 is 7.82 Å². The van der Waals surface area contributed by atoms with Gasteiger partial charge in [-0.05, 0) is 51.4 Å². The second-order valence-electron chi connectivity index (χ2n) is 17.8. The minimum Gasteiger partial charge on any atom is -0.756 e. The Hall–Kier alpha value is -2.29. The molecule has 0 fully saturated rings. The fourth-order valence-electron chi connectivity index (χ4n) is 6.64. The van der Waals surface area contributed by atoms with E-state index in [0.717, 1.165) is 44.9 Å². The predicted octanol–water partition coefficient (Wildman–Crippen LogP) is 14.2. The predicted molar refractivity (Wildman–Crippen MR) is 259 cm³/mol. The zero-order chi connectivity index (χ0) is 45.7. The fourth-order valence-corrected chi connectivity index (χ4v) is 7.37. The van der Waals surface area contributed by atoms with Crippen LogP contribution in [-0.2, 0) is 32.7 Å². The van der Waals surface area contributed by atoms with Gasteiger partial charge in [-0.15, -0.1) is 0 Å². The number of carbonyl (C=O) groups excluding carboxylic acids is 2. The number of nitrogens with zero attached hydrogens (tertiary/aromatic N) is 1. The monoisotopic (exact) mass is 892 g/mol. The van der Waals surface area contributed by atoms with Crippen LogP contribution in [0.15, 0.2) is 60.8 Å². The van der Waals surface area contributed by atoms with Gasteiger partial charge in [0.2, 0.25) is 0 Å². The Balaban J connectivity index is 4.38. The summed E-state index contributed by atoms with van der Waals surface area (Å²) in [5, 5.41) is 0. The minimum absolute atomic E-state index is 0.0426. The Morgan fingerprint density at radius 3 is 1.35 bits per heavy atom. The molecule has 0 saturated carbocycles. The zero-order valence-electron chi connectivity index (χ0n) is 40.6. The highest BCUT2D eigenvalue weighted by molar-refractivity contribution is 7.45. The van der Waals surface area contributed by atoms with Crippen molar-refractivity contribution in [3.63, 3.8) is 0 Å². The Morgan fingerprint density at radius 1 is 0.500 bits per heavy atom. The van der Waals surface area contributed by atoms with E-state index in [4.69, 9.17) is 18.5 Å². The van der Waals surface area contributed by atoms with E-state index in [9.17, 15) is 19.0 Å². The van der Waals surface area contributed by atoms with Gasteiger partial charge in [0, 0.05) is 12.8 Å². The summed E-state index contributed by atoms with van der Waals surface area (Å²) in [6.07, 6.45) is 54.1. The number of ether oxygens (including phenoxy) is 2. The van der Waals surface area contributed by atoms with E-state index in [1.165, 1.54) is 122 Å². The molecule has 0 bridgehead atoms. The van der Waals surface area contributed by atoms with Gasteiger partial charge in [-0.2, -0.15) is 0 Å². The Labute approximate surface area is 381 Å². The van der Waals surface area contributed by atoms with Crippen molar-refractivity contribution in [2.24, 2.45) is 0 Å². The molecule has 1 unspecified atom stereocenters. The molecule has 0 rings (SSSR count). The maximum atomic E-state index is 12.7. The molecule has 10 heteroatoms. The molecular formula is C52H94NO8P. The fraction of sp³-hybridized carbons (Fsp3) is 0.769. The number of phosphoric acid groups is 1. The number of hydrogen-bond donors (Lipinski definition) is 0. The highest BCUT2D eigenvalue weighted by Crippen LogP contribution is 2.38. The first-order chi connectivity index (χ1) is 30.0. The molecule has 62 heavy (non-hydrogen) atoms. The third-order valence-corrected chi connectivity index (χ3v) is 11.5. The van der Waals surface area contributed by atoms with E-state index < -0.39 is 32.5 Å². The summed E-state index contributed by atoms with van der Waals surface area (Å²) < 4.78 is 33.9. The van der Waals surface area contributed by atoms with Gasteiger partial charge in [-0.3, -0.25) is 14.2 Å². The third-order valence-electron chi connectivity index (χ3n) is 10.6. The molecular weight excluding hydrogens is 798 g/mol. The lowest BCUT2D eigenvalue weighted by atomic mass is 10.0. The van der Waals surface area contributed by atoms with E-state index in [2.05, 4.69) is 62.5 Å². The van der Waals surface area contributed by atoms with Crippen LogP contribution in [0.4, 0.5) is 0 Å². The number of esters is 2. The minimum atomic E-state index is -4.65. The van der Waals surface area contributed by atoms with E-state index in [1.54, 1.807) is 0 Å². The molecule has 0 amide bonds. The Morgan fingerprint density at radius 2 is 0.903 bits per heavy atom. The van der Waals surface area contributed by atoms with Crippen molar-refractivity contribution in [2.45, 2.75) is 213 Å². The summed E-state index contributed by atoms with van der Waals surface area (Å²) in [5.41, 5.74) is 0. The first-order valence-electron chi connectivity index (χ1n) is 25.0.